The first-order valence-corrected chi connectivity index (χ1v) is 9.12. The molecule has 0 saturated carbocycles. The molecule has 0 unspecified atom stereocenters. The van der Waals surface area contributed by atoms with Gasteiger partial charge in [0.2, 0.25) is 0 Å². The van der Waals surface area contributed by atoms with E-state index in [9.17, 15) is 9.59 Å². The third kappa shape index (κ3) is 4.97. The van der Waals surface area contributed by atoms with Gasteiger partial charge in [-0.3, -0.25) is 9.69 Å². The first kappa shape index (κ1) is 20.2. The third-order valence-electron chi connectivity index (χ3n) is 4.45. The number of nitrogens with one attached hydrogen (secondary N) is 1. The van der Waals surface area contributed by atoms with Crippen LogP contribution in [-0.4, -0.2) is 43.2 Å². The van der Waals surface area contributed by atoms with Gasteiger partial charge in [0.25, 0.3) is 5.91 Å². The molecule has 1 aliphatic heterocycles. The summed E-state index contributed by atoms with van der Waals surface area (Å²) in [5, 5.41) is 2.82. The molecular formula is C20H30N2O4. The molecular weight excluding hydrogens is 332 g/mol. The van der Waals surface area contributed by atoms with Gasteiger partial charge in [-0.25, -0.2) is 4.79 Å². The maximum atomic E-state index is 12.9. The van der Waals surface area contributed by atoms with Gasteiger partial charge >= 0.3 is 6.03 Å². The average Bonchev–Trinajstić information content (AvgIpc) is 2.85. The van der Waals surface area contributed by atoms with Crippen LogP contribution in [0.2, 0.25) is 0 Å². The summed E-state index contributed by atoms with van der Waals surface area (Å²) in [5.74, 6) is 0.572. The second-order valence-corrected chi connectivity index (χ2v) is 7.78. The zero-order valence-corrected chi connectivity index (χ0v) is 16.4. The standard InChI is InChI=1S/C20H30N2O4/c1-6-26-15-9-7-14(8-10-15)17(13-25-5)22-18(23)16(21-19(22)24)11-12-20(2,3)4/h7-10,16-17H,6,11-13H2,1-5H3,(H,21,24)/t16-,17+/m1/s1. The summed E-state index contributed by atoms with van der Waals surface area (Å²) in [7, 11) is 1.57. The summed E-state index contributed by atoms with van der Waals surface area (Å²) in [6.45, 7) is 9.13. The molecule has 0 spiro atoms. The van der Waals surface area contributed by atoms with Crippen LogP contribution in [0, 0.1) is 5.41 Å². The van der Waals surface area contributed by atoms with Crippen LogP contribution in [0.25, 0.3) is 0 Å². The number of amides is 3. The molecule has 6 heteroatoms. The molecule has 1 aromatic carbocycles. The minimum atomic E-state index is -0.469. The number of hydrogen-bond donors (Lipinski definition) is 1. The van der Waals surface area contributed by atoms with Crippen LogP contribution in [0.5, 0.6) is 5.75 Å². The first-order chi connectivity index (χ1) is 12.3. The summed E-state index contributed by atoms with van der Waals surface area (Å²) in [4.78, 5) is 26.6. The summed E-state index contributed by atoms with van der Waals surface area (Å²) >= 11 is 0. The number of imide groups is 1. The lowest BCUT2D eigenvalue weighted by Crippen LogP contribution is -2.37. The number of ether oxygens (including phenoxy) is 2. The number of urea groups is 1. The van der Waals surface area contributed by atoms with E-state index in [4.69, 9.17) is 9.47 Å². The molecule has 0 bridgehead atoms. The van der Waals surface area contributed by atoms with E-state index in [1.54, 1.807) is 7.11 Å². The summed E-state index contributed by atoms with van der Waals surface area (Å²) in [5.41, 5.74) is 0.953. The Morgan fingerprint density at radius 1 is 1.19 bits per heavy atom. The number of hydrogen-bond acceptors (Lipinski definition) is 4. The van der Waals surface area contributed by atoms with Gasteiger partial charge in [0.1, 0.15) is 11.8 Å². The summed E-state index contributed by atoms with van der Waals surface area (Å²) < 4.78 is 10.7. The number of benzene rings is 1. The van der Waals surface area contributed by atoms with Crippen LogP contribution in [0.15, 0.2) is 24.3 Å². The van der Waals surface area contributed by atoms with Crippen molar-refractivity contribution in [1.82, 2.24) is 10.2 Å². The van der Waals surface area contributed by atoms with Crippen molar-refractivity contribution in [3.63, 3.8) is 0 Å². The van der Waals surface area contributed by atoms with Crippen LogP contribution in [0.3, 0.4) is 0 Å². The number of methoxy groups -OCH3 is 1. The van der Waals surface area contributed by atoms with E-state index in [2.05, 4.69) is 26.1 Å². The largest absolute Gasteiger partial charge is 0.494 e. The van der Waals surface area contributed by atoms with Crippen molar-refractivity contribution in [3.05, 3.63) is 29.8 Å². The Morgan fingerprint density at radius 2 is 1.85 bits per heavy atom. The number of carbonyl (C=O) groups excluding carboxylic acids is 2. The molecule has 0 radical (unpaired) electrons. The van der Waals surface area contributed by atoms with Crippen molar-refractivity contribution in [2.75, 3.05) is 20.3 Å². The Morgan fingerprint density at radius 3 is 2.38 bits per heavy atom. The highest BCUT2D eigenvalue weighted by molar-refractivity contribution is 6.04. The van der Waals surface area contributed by atoms with E-state index in [1.807, 2.05) is 31.2 Å². The number of carbonyl (C=O) groups is 2. The Balaban J connectivity index is 2.17. The highest BCUT2D eigenvalue weighted by Crippen LogP contribution is 2.29. The van der Waals surface area contributed by atoms with E-state index < -0.39 is 12.1 Å². The Bertz CT molecular complexity index is 622. The molecule has 6 nitrogen and oxygen atoms in total. The topological polar surface area (TPSA) is 67.9 Å². The fraction of sp³-hybridized carbons (Fsp3) is 0.600. The van der Waals surface area contributed by atoms with Gasteiger partial charge in [-0.2, -0.15) is 0 Å². The molecule has 2 rings (SSSR count). The summed E-state index contributed by atoms with van der Waals surface area (Å²) in [6, 6.07) is 6.15. The molecule has 1 aromatic rings. The SMILES string of the molecule is CCOc1ccc([C@H](COC)N2C(=O)N[C@H](CCC(C)(C)C)C2=O)cc1. The average molecular weight is 362 g/mol. The van der Waals surface area contributed by atoms with Crippen LogP contribution in [0.4, 0.5) is 4.79 Å². The van der Waals surface area contributed by atoms with E-state index >= 15 is 0 Å². The maximum absolute atomic E-state index is 12.9. The molecule has 0 aromatic heterocycles. The monoisotopic (exact) mass is 362 g/mol. The normalized spacial score (nSPS) is 18.8. The minimum Gasteiger partial charge on any atom is -0.494 e. The van der Waals surface area contributed by atoms with Crippen molar-refractivity contribution < 1.29 is 19.1 Å². The van der Waals surface area contributed by atoms with E-state index in [0.717, 1.165) is 17.7 Å². The van der Waals surface area contributed by atoms with Crippen molar-refractivity contribution in [1.29, 1.82) is 0 Å². The van der Waals surface area contributed by atoms with E-state index in [0.29, 0.717) is 13.0 Å². The fourth-order valence-electron chi connectivity index (χ4n) is 3.05. The predicted octanol–water partition coefficient (Wildman–Crippen LogP) is 3.52. The zero-order chi connectivity index (χ0) is 19.3. The molecule has 1 N–H and O–H groups in total. The molecule has 144 valence electrons. The number of rotatable bonds is 8. The Hall–Kier alpha value is -2.08. The Kier molecular flexibility index (Phi) is 6.64. The van der Waals surface area contributed by atoms with Gasteiger partial charge in [-0.05, 0) is 42.9 Å². The number of nitrogens with zero attached hydrogens (tertiary/aromatic N) is 1. The summed E-state index contributed by atoms with van der Waals surface area (Å²) in [6.07, 6.45) is 1.49. The molecule has 1 heterocycles. The van der Waals surface area contributed by atoms with Crippen molar-refractivity contribution >= 4 is 11.9 Å². The highest BCUT2D eigenvalue weighted by Gasteiger charge is 2.42. The fourth-order valence-corrected chi connectivity index (χ4v) is 3.05. The van der Waals surface area contributed by atoms with Crippen LogP contribution >= 0.6 is 0 Å². The van der Waals surface area contributed by atoms with Crippen molar-refractivity contribution in [3.8, 4) is 5.75 Å². The van der Waals surface area contributed by atoms with Gasteiger partial charge in [0, 0.05) is 7.11 Å². The van der Waals surface area contributed by atoms with Gasteiger partial charge in [0.15, 0.2) is 0 Å². The molecule has 1 fully saturated rings. The first-order valence-electron chi connectivity index (χ1n) is 9.12. The van der Waals surface area contributed by atoms with E-state index in [-0.39, 0.29) is 24.0 Å². The van der Waals surface area contributed by atoms with Gasteiger partial charge < -0.3 is 14.8 Å². The second-order valence-electron chi connectivity index (χ2n) is 7.78. The minimum absolute atomic E-state index is 0.111. The lowest BCUT2D eigenvalue weighted by molar-refractivity contribution is -0.130. The third-order valence-corrected chi connectivity index (χ3v) is 4.45. The molecule has 3 amide bonds. The lowest BCUT2D eigenvalue weighted by atomic mass is 9.88. The second kappa shape index (κ2) is 8.54. The predicted molar refractivity (Wildman–Crippen MR) is 100 cm³/mol. The zero-order valence-electron chi connectivity index (χ0n) is 16.4. The van der Waals surface area contributed by atoms with Crippen LogP contribution in [-0.2, 0) is 9.53 Å². The smallest absolute Gasteiger partial charge is 0.325 e. The lowest BCUT2D eigenvalue weighted by Gasteiger charge is -2.25. The Labute approximate surface area is 155 Å². The van der Waals surface area contributed by atoms with Crippen molar-refractivity contribution in [2.45, 2.75) is 52.6 Å². The van der Waals surface area contributed by atoms with Gasteiger partial charge in [-0.15, -0.1) is 0 Å². The molecule has 2 atom stereocenters. The quantitative estimate of drug-likeness (QED) is 0.719. The van der Waals surface area contributed by atoms with E-state index in [1.165, 1.54) is 4.90 Å². The molecule has 1 saturated heterocycles. The molecule has 1 aliphatic rings. The van der Waals surface area contributed by atoms with Crippen LogP contribution in [0.1, 0.15) is 52.1 Å². The molecule has 26 heavy (non-hydrogen) atoms. The maximum Gasteiger partial charge on any atom is 0.325 e. The van der Waals surface area contributed by atoms with Gasteiger partial charge in [0.05, 0.1) is 19.3 Å². The molecule has 0 aliphatic carbocycles. The van der Waals surface area contributed by atoms with Gasteiger partial charge in [-0.1, -0.05) is 32.9 Å². The highest BCUT2D eigenvalue weighted by atomic mass is 16.5. The van der Waals surface area contributed by atoms with Crippen LogP contribution < -0.4 is 10.1 Å². The van der Waals surface area contributed by atoms with Crippen molar-refractivity contribution in [2.24, 2.45) is 5.41 Å².